The molecule has 74 valence electrons. The number of Topliss-reactive ketones (excluding diaryl/α,β-unsaturated/α-hetero) is 1. The minimum absolute atomic E-state index is 0.117. The molecule has 0 amide bonds. The second-order valence-electron chi connectivity index (χ2n) is 3.72. The fraction of sp³-hybridized carbons (Fsp3) is 0.455. The van der Waals surface area contributed by atoms with Crippen LogP contribution in [0.4, 0.5) is 0 Å². The van der Waals surface area contributed by atoms with Gasteiger partial charge in [-0.25, -0.2) is 0 Å². The Morgan fingerprint density at radius 2 is 2.43 bits per heavy atom. The molecule has 0 saturated heterocycles. The van der Waals surface area contributed by atoms with Crippen LogP contribution in [-0.4, -0.2) is 18.7 Å². The molecule has 0 bridgehead atoms. The molecule has 0 fully saturated rings. The molecular formula is C11H12O3. The third-order valence-corrected chi connectivity index (χ3v) is 2.81. The van der Waals surface area contributed by atoms with Crippen molar-refractivity contribution in [1.82, 2.24) is 0 Å². The number of allylic oxidation sites excluding steroid dienone is 2. The summed E-state index contributed by atoms with van der Waals surface area (Å²) in [6.45, 7) is 2.40. The predicted molar refractivity (Wildman–Crippen MR) is 50.5 cm³/mol. The van der Waals surface area contributed by atoms with Gasteiger partial charge in [0.1, 0.15) is 12.9 Å². The van der Waals surface area contributed by atoms with Gasteiger partial charge in [-0.05, 0) is 12.5 Å². The normalized spacial score (nSPS) is 30.2. The lowest BCUT2D eigenvalue weighted by Gasteiger charge is -2.22. The molecule has 0 aromatic heterocycles. The predicted octanol–water partition coefficient (Wildman–Crippen LogP) is 1.25. The van der Waals surface area contributed by atoms with Gasteiger partial charge in [-0.15, -0.1) is 0 Å². The maximum Gasteiger partial charge on any atom is 0.151 e. The van der Waals surface area contributed by atoms with Crippen LogP contribution in [0.2, 0.25) is 0 Å². The van der Waals surface area contributed by atoms with Crippen LogP contribution in [0.15, 0.2) is 23.5 Å². The zero-order chi connectivity index (χ0) is 10.1. The van der Waals surface area contributed by atoms with Crippen molar-refractivity contribution >= 4 is 12.1 Å². The van der Waals surface area contributed by atoms with E-state index in [4.69, 9.17) is 4.74 Å². The van der Waals surface area contributed by atoms with Crippen LogP contribution in [0, 0.1) is 11.8 Å². The van der Waals surface area contributed by atoms with Crippen LogP contribution in [0.3, 0.4) is 0 Å². The summed E-state index contributed by atoms with van der Waals surface area (Å²) in [7, 11) is 0. The lowest BCUT2D eigenvalue weighted by atomic mass is 9.78. The number of carbonyl (C=O) groups excluding carboxylic acids is 2. The molecule has 3 nitrogen and oxygen atoms in total. The second-order valence-corrected chi connectivity index (χ2v) is 3.72. The summed E-state index contributed by atoms with van der Waals surface area (Å²) in [5.41, 5.74) is 2.05. The average molecular weight is 192 g/mol. The molecule has 0 aromatic carbocycles. The Kier molecular flexibility index (Phi) is 2.23. The van der Waals surface area contributed by atoms with Crippen LogP contribution in [0.5, 0.6) is 0 Å². The summed E-state index contributed by atoms with van der Waals surface area (Å²) >= 11 is 0. The van der Waals surface area contributed by atoms with E-state index >= 15 is 0 Å². The maximum absolute atomic E-state index is 11.8. The number of hydrogen-bond donors (Lipinski definition) is 0. The summed E-state index contributed by atoms with van der Waals surface area (Å²) in [6.07, 6.45) is 4.62. The minimum atomic E-state index is -0.239. The topological polar surface area (TPSA) is 43.4 Å². The first-order valence-corrected chi connectivity index (χ1v) is 4.72. The SMILES string of the molecule is CC1=CC(CC=O)C(=O)C2COC=C12. The van der Waals surface area contributed by atoms with Crippen LogP contribution in [-0.2, 0) is 14.3 Å². The fourth-order valence-electron chi connectivity index (χ4n) is 2.04. The first-order valence-electron chi connectivity index (χ1n) is 4.72. The van der Waals surface area contributed by atoms with Gasteiger partial charge in [0, 0.05) is 17.9 Å². The Morgan fingerprint density at radius 1 is 1.64 bits per heavy atom. The summed E-state index contributed by atoms with van der Waals surface area (Å²) in [5.74, 6) is -0.257. The number of hydrogen-bond acceptors (Lipinski definition) is 3. The average Bonchev–Trinajstić information content (AvgIpc) is 2.63. The Bertz CT molecular complexity index is 338. The van der Waals surface area contributed by atoms with E-state index in [0.29, 0.717) is 13.0 Å². The summed E-state index contributed by atoms with van der Waals surface area (Å²) in [6, 6.07) is 0. The summed E-state index contributed by atoms with van der Waals surface area (Å²) in [5, 5.41) is 0. The Balaban J connectivity index is 2.31. The smallest absolute Gasteiger partial charge is 0.151 e. The third-order valence-electron chi connectivity index (χ3n) is 2.81. The second kappa shape index (κ2) is 3.40. The highest BCUT2D eigenvalue weighted by molar-refractivity contribution is 5.92. The molecule has 1 aliphatic carbocycles. The lowest BCUT2D eigenvalue weighted by Crippen LogP contribution is -2.29. The van der Waals surface area contributed by atoms with E-state index in [2.05, 4.69) is 0 Å². The van der Waals surface area contributed by atoms with E-state index in [-0.39, 0.29) is 17.6 Å². The molecule has 2 unspecified atom stereocenters. The van der Waals surface area contributed by atoms with Crippen molar-refractivity contribution in [3.05, 3.63) is 23.5 Å². The van der Waals surface area contributed by atoms with Crippen molar-refractivity contribution in [2.24, 2.45) is 11.8 Å². The Hall–Kier alpha value is -1.38. The van der Waals surface area contributed by atoms with E-state index < -0.39 is 0 Å². The number of ketones is 1. The number of ether oxygens (including phenoxy) is 1. The van der Waals surface area contributed by atoms with Crippen molar-refractivity contribution in [2.75, 3.05) is 6.61 Å². The largest absolute Gasteiger partial charge is 0.500 e. The minimum Gasteiger partial charge on any atom is -0.500 e. The highest BCUT2D eigenvalue weighted by atomic mass is 16.5. The molecule has 0 N–H and O–H groups in total. The Morgan fingerprint density at radius 3 is 3.14 bits per heavy atom. The molecular weight excluding hydrogens is 180 g/mol. The van der Waals surface area contributed by atoms with Gasteiger partial charge in [0.25, 0.3) is 0 Å². The van der Waals surface area contributed by atoms with E-state index in [1.807, 2.05) is 13.0 Å². The summed E-state index contributed by atoms with van der Waals surface area (Å²) < 4.78 is 5.15. The molecule has 1 heterocycles. The monoisotopic (exact) mass is 192 g/mol. The van der Waals surface area contributed by atoms with Gasteiger partial charge in [0.2, 0.25) is 0 Å². The zero-order valence-electron chi connectivity index (χ0n) is 8.03. The lowest BCUT2D eigenvalue weighted by molar-refractivity contribution is -0.126. The van der Waals surface area contributed by atoms with E-state index in [9.17, 15) is 9.59 Å². The molecule has 2 atom stereocenters. The first-order chi connectivity index (χ1) is 6.74. The molecule has 14 heavy (non-hydrogen) atoms. The number of rotatable bonds is 2. The summed E-state index contributed by atoms with van der Waals surface area (Å²) in [4.78, 5) is 22.2. The van der Waals surface area contributed by atoms with Gasteiger partial charge >= 0.3 is 0 Å². The van der Waals surface area contributed by atoms with Gasteiger partial charge in [-0.3, -0.25) is 4.79 Å². The van der Waals surface area contributed by atoms with E-state index in [0.717, 1.165) is 17.4 Å². The van der Waals surface area contributed by atoms with Gasteiger partial charge in [0.15, 0.2) is 5.78 Å². The standard InChI is InChI=1S/C11H12O3/c1-7-4-8(2-3-12)11(13)10-6-14-5-9(7)10/h3-5,8,10H,2,6H2,1H3. The van der Waals surface area contributed by atoms with Crippen LogP contribution in [0.25, 0.3) is 0 Å². The van der Waals surface area contributed by atoms with Crippen LogP contribution in [0.1, 0.15) is 13.3 Å². The van der Waals surface area contributed by atoms with Crippen molar-refractivity contribution in [3.8, 4) is 0 Å². The van der Waals surface area contributed by atoms with Crippen molar-refractivity contribution in [1.29, 1.82) is 0 Å². The van der Waals surface area contributed by atoms with E-state index in [1.54, 1.807) is 6.26 Å². The molecule has 2 rings (SSSR count). The van der Waals surface area contributed by atoms with Gasteiger partial charge < -0.3 is 9.53 Å². The number of carbonyl (C=O) groups is 2. The van der Waals surface area contributed by atoms with Crippen LogP contribution < -0.4 is 0 Å². The van der Waals surface area contributed by atoms with Crippen molar-refractivity contribution < 1.29 is 14.3 Å². The highest BCUT2D eigenvalue weighted by Gasteiger charge is 2.36. The molecule has 0 saturated carbocycles. The first kappa shape index (κ1) is 9.19. The van der Waals surface area contributed by atoms with E-state index in [1.165, 1.54) is 0 Å². The molecule has 1 aliphatic heterocycles. The van der Waals surface area contributed by atoms with Crippen LogP contribution >= 0.6 is 0 Å². The van der Waals surface area contributed by atoms with Crippen molar-refractivity contribution in [3.63, 3.8) is 0 Å². The fourth-order valence-corrected chi connectivity index (χ4v) is 2.04. The number of aldehydes is 1. The highest BCUT2D eigenvalue weighted by Crippen LogP contribution is 2.34. The quantitative estimate of drug-likeness (QED) is 0.618. The van der Waals surface area contributed by atoms with Gasteiger partial charge in [-0.2, -0.15) is 0 Å². The number of fused-ring (bicyclic) bond motifs is 1. The molecule has 0 aromatic rings. The molecule has 3 heteroatoms. The van der Waals surface area contributed by atoms with Gasteiger partial charge in [0.05, 0.1) is 12.2 Å². The van der Waals surface area contributed by atoms with Crippen molar-refractivity contribution in [2.45, 2.75) is 13.3 Å². The van der Waals surface area contributed by atoms with Gasteiger partial charge in [-0.1, -0.05) is 6.08 Å². The molecule has 2 aliphatic rings. The maximum atomic E-state index is 11.8. The third kappa shape index (κ3) is 1.29. The Labute approximate surface area is 82.4 Å². The zero-order valence-corrected chi connectivity index (χ0v) is 8.03. The molecule has 0 radical (unpaired) electrons. The molecule has 0 spiro atoms.